The first-order chi connectivity index (χ1) is 15.1. The molecule has 1 amide bonds. The lowest BCUT2D eigenvalue weighted by Gasteiger charge is -2.31. The van der Waals surface area contributed by atoms with Crippen LogP contribution in [-0.2, 0) is 19.6 Å². The highest BCUT2D eigenvalue weighted by Gasteiger charge is 2.33. The van der Waals surface area contributed by atoms with Crippen LogP contribution in [0.2, 0.25) is 0 Å². The highest BCUT2D eigenvalue weighted by Crippen LogP contribution is 2.41. The van der Waals surface area contributed by atoms with E-state index < -0.39 is 0 Å². The number of nitrogens with one attached hydrogen (secondary N) is 2. The van der Waals surface area contributed by atoms with Crippen LogP contribution >= 0.6 is 11.3 Å². The van der Waals surface area contributed by atoms with E-state index in [9.17, 15) is 4.79 Å². The van der Waals surface area contributed by atoms with Gasteiger partial charge in [-0.3, -0.25) is 9.69 Å². The third-order valence-electron chi connectivity index (χ3n) is 6.03. The van der Waals surface area contributed by atoms with Crippen molar-refractivity contribution in [1.29, 1.82) is 0 Å². The molecule has 0 bridgehead atoms. The molecule has 1 unspecified atom stereocenters. The van der Waals surface area contributed by atoms with Crippen molar-refractivity contribution in [3.05, 3.63) is 81.7 Å². The molecule has 3 heterocycles. The molecule has 5 nitrogen and oxygen atoms in total. The first-order valence-corrected chi connectivity index (χ1v) is 11.6. The van der Waals surface area contributed by atoms with Crippen molar-refractivity contribution in [2.24, 2.45) is 0 Å². The molecule has 2 aliphatic rings. The number of fused-ring (bicyclic) bond motifs is 3. The quantitative estimate of drug-likeness (QED) is 0.598. The number of hydrogen-bond donors (Lipinski definition) is 2. The first-order valence-electron chi connectivity index (χ1n) is 10.8. The number of rotatable bonds is 5. The van der Waals surface area contributed by atoms with Gasteiger partial charge in [0.25, 0.3) is 5.91 Å². The Labute approximate surface area is 187 Å². The summed E-state index contributed by atoms with van der Waals surface area (Å²) >= 11 is 1.73. The van der Waals surface area contributed by atoms with Crippen LogP contribution in [0.4, 0.5) is 5.00 Å². The number of nitrogens with zero attached hydrogens (tertiary/aromatic N) is 1. The Morgan fingerprint density at radius 1 is 1.13 bits per heavy atom. The maximum absolute atomic E-state index is 13.0. The Hall–Kier alpha value is -2.83. The zero-order valence-corrected chi connectivity index (χ0v) is 18.7. The molecule has 3 aromatic rings. The summed E-state index contributed by atoms with van der Waals surface area (Å²) in [4.78, 5) is 16.8. The summed E-state index contributed by atoms with van der Waals surface area (Å²) in [6, 6.07) is 18.6. The number of hydrogen-bond acceptors (Lipinski definition) is 5. The van der Waals surface area contributed by atoms with Crippen LogP contribution < -0.4 is 15.4 Å². The van der Waals surface area contributed by atoms with Crippen molar-refractivity contribution in [2.45, 2.75) is 45.6 Å². The molecule has 0 aliphatic carbocycles. The van der Waals surface area contributed by atoms with Gasteiger partial charge in [0, 0.05) is 24.0 Å². The summed E-state index contributed by atoms with van der Waals surface area (Å²) in [5.74, 6) is 0.811. The van der Waals surface area contributed by atoms with Gasteiger partial charge < -0.3 is 15.4 Å². The molecule has 2 aromatic carbocycles. The lowest BCUT2D eigenvalue weighted by molar-refractivity contribution is 0.0934. The number of carbonyl (C=O) groups excluding carboxylic acids is 1. The summed E-state index contributed by atoms with van der Waals surface area (Å²) < 4.78 is 5.98. The van der Waals surface area contributed by atoms with E-state index in [2.05, 4.69) is 29.4 Å². The van der Waals surface area contributed by atoms with Gasteiger partial charge in [0.2, 0.25) is 0 Å². The summed E-state index contributed by atoms with van der Waals surface area (Å²) in [6.45, 7) is 6.90. The van der Waals surface area contributed by atoms with Gasteiger partial charge in [-0.25, -0.2) is 0 Å². The van der Waals surface area contributed by atoms with E-state index in [4.69, 9.17) is 4.74 Å². The van der Waals surface area contributed by atoms with E-state index in [1.807, 2.05) is 54.6 Å². The molecule has 0 spiro atoms. The second-order valence-corrected chi connectivity index (χ2v) is 9.52. The molecule has 0 fully saturated rings. The minimum atomic E-state index is -0.262. The predicted octanol–water partition coefficient (Wildman–Crippen LogP) is 4.95. The van der Waals surface area contributed by atoms with Crippen molar-refractivity contribution in [3.8, 4) is 5.75 Å². The molecule has 1 aromatic heterocycles. The average molecular weight is 434 g/mol. The zero-order valence-electron chi connectivity index (χ0n) is 17.9. The molecule has 160 valence electrons. The minimum Gasteiger partial charge on any atom is -0.489 e. The van der Waals surface area contributed by atoms with Crippen LogP contribution in [0.25, 0.3) is 0 Å². The maximum atomic E-state index is 13.0. The topological polar surface area (TPSA) is 53.6 Å². The maximum Gasteiger partial charge on any atom is 0.256 e. The Kier molecular flexibility index (Phi) is 5.42. The van der Waals surface area contributed by atoms with Crippen LogP contribution in [-0.4, -0.2) is 23.4 Å². The summed E-state index contributed by atoms with van der Waals surface area (Å²) in [5.41, 5.74) is 4.18. The molecule has 0 radical (unpaired) electrons. The number of anilines is 1. The summed E-state index contributed by atoms with van der Waals surface area (Å²) in [5, 5.41) is 7.69. The summed E-state index contributed by atoms with van der Waals surface area (Å²) in [7, 11) is 0. The molecule has 2 N–H and O–H groups in total. The van der Waals surface area contributed by atoms with Gasteiger partial charge >= 0.3 is 0 Å². The van der Waals surface area contributed by atoms with Gasteiger partial charge in [0.15, 0.2) is 0 Å². The second-order valence-electron chi connectivity index (χ2n) is 8.42. The minimum absolute atomic E-state index is 0.0184. The van der Waals surface area contributed by atoms with Gasteiger partial charge in [-0.1, -0.05) is 42.5 Å². The fourth-order valence-corrected chi connectivity index (χ4v) is 5.57. The number of ether oxygens (including phenoxy) is 1. The molecular weight excluding hydrogens is 406 g/mol. The lowest BCUT2D eigenvalue weighted by Crippen LogP contribution is -2.39. The van der Waals surface area contributed by atoms with Gasteiger partial charge in [-0.05, 0) is 49.1 Å². The zero-order chi connectivity index (χ0) is 21.4. The predicted molar refractivity (Wildman–Crippen MR) is 125 cm³/mol. The SMILES string of the molecule is CC(C)N1CCc2c(sc3c2C(=O)NC(c2cccc(OCc4ccccc4)c2)N3)C1. The van der Waals surface area contributed by atoms with E-state index in [1.165, 1.54) is 10.4 Å². The van der Waals surface area contributed by atoms with Gasteiger partial charge in [0.1, 0.15) is 23.5 Å². The molecule has 0 saturated carbocycles. The van der Waals surface area contributed by atoms with Crippen molar-refractivity contribution in [3.63, 3.8) is 0 Å². The van der Waals surface area contributed by atoms with Crippen LogP contribution in [0, 0.1) is 0 Å². The lowest BCUT2D eigenvalue weighted by atomic mass is 9.99. The fourth-order valence-electron chi connectivity index (χ4n) is 4.27. The molecule has 31 heavy (non-hydrogen) atoms. The standard InChI is InChI=1S/C25H27N3O2S/c1-16(2)28-12-11-20-21(14-28)31-25-22(20)24(29)26-23(27-25)18-9-6-10-19(13-18)30-15-17-7-4-3-5-8-17/h3-10,13,16,23,27H,11-12,14-15H2,1-2H3,(H,26,29). The van der Waals surface area contributed by atoms with Crippen molar-refractivity contribution >= 4 is 22.2 Å². The Bertz CT molecular complexity index is 1090. The molecule has 1 atom stereocenters. The number of thiophene rings is 1. The smallest absolute Gasteiger partial charge is 0.256 e. The number of amides is 1. The largest absolute Gasteiger partial charge is 0.489 e. The Balaban J connectivity index is 1.34. The molecule has 0 saturated heterocycles. The molecule has 2 aliphatic heterocycles. The van der Waals surface area contributed by atoms with Crippen LogP contribution in [0.5, 0.6) is 5.75 Å². The van der Waals surface area contributed by atoms with E-state index >= 15 is 0 Å². The highest BCUT2D eigenvalue weighted by atomic mass is 32.1. The second kappa shape index (κ2) is 8.36. The Morgan fingerprint density at radius 2 is 1.97 bits per heavy atom. The van der Waals surface area contributed by atoms with E-state index in [0.29, 0.717) is 12.6 Å². The van der Waals surface area contributed by atoms with Crippen molar-refractivity contribution < 1.29 is 9.53 Å². The van der Waals surface area contributed by atoms with Crippen LogP contribution in [0.1, 0.15) is 51.9 Å². The van der Waals surface area contributed by atoms with Gasteiger partial charge in [-0.15, -0.1) is 11.3 Å². The third-order valence-corrected chi connectivity index (χ3v) is 7.18. The normalized spacial score (nSPS) is 18.2. The summed E-state index contributed by atoms with van der Waals surface area (Å²) in [6.07, 6.45) is 0.670. The molecular formula is C25H27N3O2S. The van der Waals surface area contributed by atoms with Crippen LogP contribution in [0.3, 0.4) is 0 Å². The van der Waals surface area contributed by atoms with Crippen molar-refractivity contribution in [2.75, 3.05) is 11.9 Å². The monoisotopic (exact) mass is 433 g/mol. The highest BCUT2D eigenvalue weighted by molar-refractivity contribution is 7.16. The molecule has 5 rings (SSSR count). The fraction of sp³-hybridized carbons (Fsp3) is 0.320. The number of carbonyl (C=O) groups is 1. The Morgan fingerprint density at radius 3 is 2.77 bits per heavy atom. The van der Waals surface area contributed by atoms with Crippen molar-refractivity contribution in [1.82, 2.24) is 10.2 Å². The first kappa shape index (κ1) is 20.1. The van der Waals surface area contributed by atoms with E-state index in [0.717, 1.165) is 47.0 Å². The van der Waals surface area contributed by atoms with E-state index in [1.54, 1.807) is 11.3 Å². The van der Waals surface area contributed by atoms with Crippen LogP contribution in [0.15, 0.2) is 54.6 Å². The average Bonchev–Trinajstić information content (AvgIpc) is 3.16. The third kappa shape index (κ3) is 4.05. The van der Waals surface area contributed by atoms with Gasteiger partial charge in [0.05, 0.1) is 5.56 Å². The number of benzene rings is 2. The van der Waals surface area contributed by atoms with Gasteiger partial charge in [-0.2, -0.15) is 0 Å². The molecule has 6 heteroatoms. The van der Waals surface area contributed by atoms with E-state index in [-0.39, 0.29) is 12.1 Å².